The number of aryl methyl sites for hydroxylation is 1. The number of benzene rings is 1. The molecule has 2 aliphatic rings. The molecule has 6 heteroatoms. The van der Waals surface area contributed by atoms with Crippen LogP contribution in [0.5, 0.6) is 0 Å². The number of rotatable bonds is 4. The quantitative estimate of drug-likeness (QED) is 0.827. The number of hydrogen-bond donors (Lipinski definition) is 1. The summed E-state index contributed by atoms with van der Waals surface area (Å²) in [7, 11) is 0. The molecular weight excluding hydrogens is 342 g/mol. The van der Waals surface area contributed by atoms with Crippen LogP contribution in [-0.2, 0) is 14.4 Å². The molecule has 27 heavy (non-hydrogen) atoms. The van der Waals surface area contributed by atoms with E-state index < -0.39 is 5.41 Å². The number of carbonyl (C=O) groups is 3. The summed E-state index contributed by atoms with van der Waals surface area (Å²) >= 11 is 0. The molecule has 3 amide bonds. The maximum absolute atomic E-state index is 13.1. The van der Waals surface area contributed by atoms with Crippen molar-refractivity contribution in [1.82, 2.24) is 9.80 Å². The average Bonchev–Trinajstić information content (AvgIpc) is 3.44. The Kier molecular flexibility index (Phi) is 5.27. The van der Waals surface area contributed by atoms with E-state index in [-0.39, 0.29) is 23.6 Å². The Balaban J connectivity index is 1.72. The van der Waals surface area contributed by atoms with Gasteiger partial charge in [0.05, 0.1) is 0 Å². The molecule has 1 aromatic carbocycles. The SMILES string of the molecule is CC(=O)N1CCN(C(=O)C2(C(=O)Nc3c(C)cccc3C(C)C)CC2)CC1. The maximum atomic E-state index is 13.1. The number of anilines is 1. The third-order valence-electron chi connectivity index (χ3n) is 5.77. The number of carbonyl (C=O) groups excluding carboxylic acids is 3. The molecule has 1 heterocycles. The van der Waals surface area contributed by atoms with E-state index in [1.165, 1.54) is 0 Å². The lowest BCUT2D eigenvalue weighted by Crippen LogP contribution is -2.53. The molecule has 0 spiro atoms. The van der Waals surface area contributed by atoms with Crippen molar-refractivity contribution in [3.8, 4) is 0 Å². The summed E-state index contributed by atoms with van der Waals surface area (Å²) in [5.41, 5.74) is 1.99. The lowest BCUT2D eigenvalue weighted by atomic mass is 9.96. The van der Waals surface area contributed by atoms with Crippen molar-refractivity contribution in [2.75, 3.05) is 31.5 Å². The third kappa shape index (κ3) is 3.70. The second-order valence-electron chi connectivity index (χ2n) is 8.03. The fourth-order valence-corrected chi connectivity index (χ4v) is 3.77. The number of nitrogens with one attached hydrogen (secondary N) is 1. The van der Waals surface area contributed by atoms with Gasteiger partial charge in [-0.25, -0.2) is 0 Å². The van der Waals surface area contributed by atoms with Crippen molar-refractivity contribution in [2.45, 2.75) is 46.5 Å². The molecule has 0 unspecified atom stereocenters. The smallest absolute Gasteiger partial charge is 0.240 e. The van der Waals surface area contributed by atoms with Gasteiger partial charge >= 0.3 is 0 Å². The molecule has 0 radical (unpaired) electrons. The van der Waals surface area contributed by atoms with E-state index in [1.54, 1.807) is 16.7 Å². The van der Waals surface area contributed by atoms with E-state index in [0.29, 0.717) is 39.0 Å². The molecule has 1 aromatic rings. The zero-order chi connectivity index (χ0) is 19.8. The van der Waals surface area contributed by atoms with Crippen LogP contribution < -0.4 is 5.32 Å². The topological polar surface area (TPSA) is 69.7 Å². The number of piperazine rings is 1. The van der Waals surface area contributed by atoms with Gasteiger partial charge in [-0.3, -0.25) is 14.4 Å². The van der Waals surface area contributed by atoms with Gasteiger partial charge in [0.1, 0.15) is 5.41 Å². The monoisotopic (exact) mass is 371 g/mol. The van der Waals surface area contributed by atoms with Crippen LogP contribution in [0.25, 0.3) is 0 Å². The van der Waals surface area contributed by atoms with E-state index in [4.69, 9.17) is 0 Å². The van der Waals surface area contributed by atoms with Crippen LogP contribution in [-0.4, -0.2) is 53.7 Å². The van der Waals surface area contributed by atoms with Crippen LogP contribution in [0.1, 0.15) is 50.7 Å². The minimum atomic E-state index is -0.936. The highest BCUT2D eigenvalue weighted by molar-refractivity contribution is 6.13. The lowest BCUT2D eigenvalue weighted by molar-refractivity contribution is -0.146. The Morgan fingerprint density at radius 2 is 1.63 bits per heavy atom. The Morgan fingerprint density at radius 1 is 1.04 bits per heavy atom. The summed E-state index contributed by atoms with van der Waals surface area (Å²) in [6.45, 7) is 9.77. The zero-order valence-corrected chi connectivity index (χ0v) is 16.7. The van der Waals surface area contributed by atoms with Crippen molar-refractivity contribution >= 4 is 23.4 Å². The van der Waals surface area contributed by atoms with Gasteiger partial charge in [0.15, 0.2) is 0 Å². The summed E-state index contributed by atoms with van der Waals surface area (Å²) in [5.74, 6) is 0.0213. The minimum Gasteiger partial charge on any atom is -0.339 e. The van der Waals surface area contributed by atoms with Crippen LogP contribution in [0.3, 0.4) is 0 Å². The van der Waals surface area contributed by atoms with Crippen molar-refractivity contribution < 1.29 is 14.4 Å². The third-order valence-corrected chi connectivity index (χ3v) is 5.77. The fourth-order valence-electron chi connectivity index (χ4n) is 3.77. The molecule has 0 aromatic heterocycles. The fraction of sp³-hybridized carbons (Fsp3) is 0.571. The Bertz CT molecular complexity index is 760. The molecule has 1 aliphatic heterocycles. The average molecular weight is 371 g/mol. The largest absolute Gasteiger partial charge is 0.339 e. The first kappa shape index (κ1) is 19.4. The van der Waals surface area contributed by atoms with Gasteiger partial charge in [-0.05, 0) is 36.8 Å². The normalized spacial score (nSPS) is 18.4. The van der Waals surface area contributed by atoms with E-state index in [9.17, 15) is 14.4 Å². The van der Waals surface area contributed by atoms with Crippen molar-refractivity contribution in [2.24, 2.45) is 5.41 Å². The van der Waals surface area contributed by atoms with Crippen LogP contribution in [0.15, 0.2) is 18.2 Å². The highest BCUT2D eigenvalue weighted by Crippen LogP contribution is 2.48. The summed E-state index contributed by atoms with van der Waals surface area (Å²) in [6.07, 6.45) is 1.18. The lowest BCUT2D eigenvalue weighted by Gasteiger charge is -2.36. The first-order chi connectivity index (χ1) is 12.8. The molecular formula is C21H29N3O3. The summed E-state index contributed by atoms with van der Waals surface area (Å²) in [4.78, 5) is 41.1. The Labute approximate surface area is 160 Å². The summed E-state index contributed by atoms with van der Waals surface area (Å²) < 4.78 is 0. The molecule has 3 rings (SSSR count). The number of para-hydroxylation sites is 1. The van der Waals surface area contributed by atoms with E-state index in [2.05, 4.69) is 19.2 Å². The van der Waals surface area contributed by atoms with Gasteiger partial charge < -0.3 is 15.1 Å². The molecule has 0 bridgehead atoms. The van der Waals surface area contributed by atoms with Crippen molar-refractivity contribution in [3.05, 3.63) is 29.3 Å². The molecule has 6 nitrogen and oxygen atoms in total. The molecule has 1 N–H and O–H groups in total. The van der Waals surface area contributed by atoms with Gasteiger partial charge in [-0.15, -0.1) is 0 Å². The first-order valence-corrected chi connectivity index (χ1v) is 9.72. The van der Waals surface area contributed by atoms with E-state index in [0.717, 1.165) is 16.8 Å². The van der Waals surface area contributed by atoms with Gasteiger partial charge in [-0.2, -0.15) is 0 Å². The minimum absolute atomic E-state index is 0.0294. The highest BCUT2D eigenvalue weighted by Gasteiger charge is 2.58. The van der Waals surface area contributed by atoms with E-state index >= 15 is 0 Å². The predicted octanol–water partition coefficient (Wildman–Crippen LogP) is 2.53. The van der Waals surface area contributed by atoms with Crippen molar-refractivity contribution in [3.63, 3.8) is 0 Å². The highest BCUT2D eigenvalue weighted by atomic mass is 16.2. The second-order valence-corrected chi connectivity index (χ2v) is 8.03. The van der Waals surface area contributed by atoms with Crippen LogP contribution >= 0.6 is 0 Å². The molecule has 0 atom stereocenters. The van der Waals surface area contributed by atoms with Crippen LogP contribution in [0.2, 0.25) is 0 Å². The van der Waals surface area contributed by atoms with Gasteiger partial charge in [0.25, 0.3) is 0 Å². The van der Waals surface area contributed by atoms with Gasteiger partial charge in [-0.1, -0.05) is 32.0 Å². The summed E-state index contributed by atoms with van der Waals surface area (Å²) in [6, 6.07) is 5.99. The molecule has 1 saturated heterocycles. The van der Waals surface area contributed by atoms with Gasteiger partial charge in [0.2, 0.25) is 17.7 Å². The number of nitrogens with zero attached hydrogens (tertiary/aromatic N) is 2. The number of amides is 3. The second kappa shape index (κ2) is 7.33. The van der Waals surface area contributed by atoms with Crippen LogP contribution in [0, 0.1) is 12.3 Å². The molecule has 2 fully saturated rings. The van der Waals surface area contributed by atoms with Crippen LogP contribution in [0.4, 0.5) is 5.69 Å². The standard InChI is InChI=1S/C21H29N3O3/c1-14(2)17-7-5-6-15(3)18(17)22-19(26)21(8-9-21)20(27)24-12-10-23(11-13-24)16(4)25/h5-7,14H,8-13H2,1-4H3,(H,22,26). The number of hydrogen-bond acceptors (Lipinski definition) is 3. The molecule has 146 valence electrons. The van der Waals surface area contributed by atoms with Crippen molar-refractivity contribution in [1.29, 1.82) is 0 Å². The Hall–Kier alpha value is -2.37. The zero-order valence-electron chi connectivity index (χ0n) is 16.7. The summed E-state index contributed by atoms with van der Waals surface area (Å²) in [5, 5.41) is 3.06. The van der Waals surface area contributed by atoms with Gasteiger partial charge in [0, 0.05) is 38.8 Å². The predicted molar refractivity (Wildman–Crippen MR) is 104 cm³/mol. The molecule has 1 aliphatic carbocycles. The maximum Gasteiger partial charge on any atom is 0.240 e. The Morgan fingerprint density at radius 3 is 2.15 bits per heavy atom. The first-order valence-electron chi connectivity index (χ1n) is 9.72. The van der Waals surface area contributed by atoms with E-state index in [1.807, 2.05) is 25.1 Å². The molecule has 1 saturated carbocycles.